The van der Waals surface area contributed by atoms with Crippen LogP contribution < -0.4 is 15.2 Å². The van der Waals surface area contributed by atoms with E-state index in [9.17, 15) is 0 Å². The highest BCUT2D eigenvalue weighted by molar-refractivity contribution is 5.68. The third-order valence-electron chi connectivity index (χ3n) is 3.71. The number of ether oxygens (including phenoxy) is 2. The number of likely N-dealkylation sites (tertiary alicyclic amines) is 1. The van der Waals surface area contributed by atoms with Crippen molar-refractivity contribution in [1.82, 2.24) is 15.0 Å². The summed E-state index contributed by atoms with van der Waals surface area (Å²) in [6.45, 7) is 2.16. The zero-order valence-corrected chi connectivity index (χ0v) is 12.8. The van der Waals surface area contributed by atoms with Gasteiger partial charge in [-0.15, -0.1) is 0 Å². The minimum atomic E-state index is 0.166. The summed E-state index contributed by atoms with van der Waals surface area (Å²) in [6, 6.07) is 5.66. The van der Waals surface area contributed by atoms with E-state index in [1.165, 1.54) is 0 Å². The van der Waals surface area contributed by atoms with Crippen LogP contribution in [0.25, 0.3) is 11.4 Å². The maximum atomic E-state index is 6.09. The van der Waals surface area contributed by atoms with E-state index in [0.717, 1.165) is 25.1 Å². The smallest absolute Gasteiger partial charge is 0.240 e. The number of likely N-dealkylation sites (N-methyl/N-ethyl adjacent to an activating group) is 1. The topological polar surface area (TPSA) is 86.6 Å². The summed E-state index contributed by atoms with van der Waals surface area (Å²) < 4.78 is 16.7. The molecule has 2 heterocycles. The second-order valence-electron chi connectivity index (χ2n) is 5.34. The molecule has 2 aromatic rings. The average Bonchev–Trinajstić information content (AvgIpc) is 3.16. The van der Waals surface area contributed by atoms with Crippen LogP contribution in [0.5, 0.6) is 11.5 Å². The summed E-state index contributed by atoms with van der Waals surface area (Å²) in [7, 11) is 3.70. The van der Waals surface area contributed by atoms with Gasteiger partial charge in [0.05, 0.1) is 19.2 Å². The molecule has 22 heavy (non-hydrogen) atoms. The third kappa shape index (κ3) is 2.90. The third-order valence-corrected chi connectivity index (χ3v) is 3.71. The molecule has 3 rings (SSSR count). The molecule has 1 fully saturated rings. The van der Waals surface area contributed by atoms with Gasteiger partial charge in [-0.3, -0.25) is 0 Å². The van der Waals surface area contributed by atoms with Gasteiger partial charge in [0.1, 0.15) is 6.10 Å². The van der Waals surface area contributed by atoms with E-state index in [1.807, 2.05) is 18.2 Å². The average molecular weight is 304 g/mol. The molecule has 0 saturated carbocycles. The van der Waals surface area contributed by atoms with Crippen molar-refractivity contribution in [3.05, 3.63) is 24.1 Å². The Balaban J connectivity index is 1.89. The van der Waals surface area contributed by atoms with Crippen molar-refractivity contribution in [2.24, 2.45) is 5.73 Å². The maximum Gasteiger partial charge on any atom is 0.240 e. The van der Waals surface area contributed by atoms with Gasteiger partial charge in [0.25, 0.3) is 0 Å². The van der Waals surface area contributed by atoms with Crippen molar-refractivity contribution < 1.29 is 14.0 Å². The second kappa shape index (κ2) is 6.33. The quantitative estimate of drug-likeness (QED) is 0.890. The standard InChI is InChI=1S/C15H20N4O3/c1-19-7-6-10(9-19)21-12-5-3-4-11(14(12)20-2)15-17-13(8-16)22-18-15/h3-5,10H,6-9,16H2,1-2H3. The number of nitrogens with two attached hydrogens (primary N) is 1. The molecule has 1 aliphatic rings. The minimum absolute atomic E-state index is 0.166. The van der Waals surface area contributed by atoms with Crippen molar-refractivity contribution in [2.45, 2.75) is 19.1 Å². The Hall–Kier alpha value is -2.12. The number of rotatable bonds is 5. The lowest BCUT2D eigenvalue weighted by atomic mass is 10.1. The van der Waals surface area contributed by atoms with Gasteiger partial charge < -0.3 is 24.6 Å². The Morgan fingerprint density at radius 2 is 2.32 bits per heavy atom. The lowest BCUT2D eigenvalue weighted by Crippen LogP contribution is -2.21. The molecular weight excluding hydrogens is 284 g/mol. The fraction of sp³-hybridized carbons (Fsp3) is 0.467. The molecule has 0 radical (unpaired) electrons. The lowest BCUT2D eigenvalue weighted by Gasteiger charge is -2.17. The number of nitrogens with zero attached hydrogens (tertiary/aromatic N) is 3. The summed E-state index contributed by atoms with van der Waals surface area (Å²) in [5.74, 6) is 2.15. The van der Waals surface area contributed by atoms with Crippen LogP contribution in [0.3, 0.4) is 0 Å². The summed E-state index contributed by atoms with van der Waals surface area (Å²) in [5.41, 5.74) is 6.24. The maximum absolute atomic E-state index is 6.09. The van der Waals surface area contributed by atoms with Gasteiger partial charge in [0, 0.05) is 13.1 Å². The summed E-state index contributed by atoms with van der Waals surface area (Å²) in [6.07, 6.45) is 1.17. The number of hydrogen-bond acceptors (Lipinski definition) is 7. The minimum Gasteiger partial charge on any atom is -0.492 e. The van der Waals surface area contributed by atoms with Gasteiger partial charge in [0.2, 0.25) is 11.7 Å². The first-order valence-electron chi connectivity index (χ1n) is 7.26. The Morgan fingerprint density at radius 3 is 2.95 bits per heavy atom. The van der Waals surface area contributed by atoms with Crippen LogP contribution in [-0.2, 0) is 6.54 Å². The van der Waals surface area contributed by atoms with E-state index in [4.69, 9.17) is 19.7 Å². The molecular formula is C15H20N4O3. The number of para-hydroxylation sites is 1. The van der Waals surface area contributed by atoms with Gasteiger partial charge >= 0.3 is 0 Å². The van der Waals surface area contributed by atoms with Crippen molar-refractivity contribution in [2.75, 3.05) is 27.2 Å². The fourth-order valence-electron chi connectivity index (χ4n) is 2.61. The van der Waals surface area contributed by atoms with Crippen LogP contribution in [0, 0.1) is 0 Å². The SMILES string of the molecule is COc1c(OC2CCN(C)C2)cccc1-c1noc(CN)n1. The van der Waals surface area contributed by atoms with Gasteiger partial charge in [0.15, 0.2) is 11.5 Å². The molecule has 1 unspecified atom stereocenters. The molecule has 0 bridgehead atoms. The molecule has 2 N–H and O–H groups in total. The Labute approximate surface area is 129 Å². The number of benzene rings is 1. The highest BCUT2D eigenvalue weighted by Crippen LogP contribution is 2.37. The van der Waals surface area contributed by atoms with Crippen LogP contribution in [0.15, 0.2) is 22.7 Å². The molecule has 1 aliphatic heterocycles. The van der Waals surface area contributed by atoms with Crippen molar-refractivity contribution in [3.8, 4) is 22.9 Å². The zero-order valence-electron chi connectivity index (χ0n) is 12.8. The summed E-state index contributed by atoms with van der Waals surface area (Å²) >= 11 is 0. The molecule has 0 spiro atoms. The molecule has 1 aromatic carbocycles. The number of aromatic nitrogens is 2. The van der Waals surface area contributed by atoms with Crippen molar-refractivity contribution in [3.63, 3.8) is 0 Å². The predicted molar refractivity (Wildman–Crippen MR) is 80.7 cm³/mol. The van der Waals surface area contributed by atoms with E-state index in [0.29, 0.717) is 23.2 Å². The van der Waals surface area contributed by atoms with E-state index in [-0.39, 0.29) is 12.6 Å². The fourth-order valence-corrected chi connectivity index (χ4v) is 2.61. The zero-order chi connectivity index (χ0) is 15.5. The van der Waals surface area contributed by atoms with E-state index >= 15 is 0 Å². The number of hydrogen-bond donors (Lipinski definition) is 1. The largest absolute Gasteiger partial charge is 0.492 e. The van der Waals surface area contributed by atoms with Gasteiger partial charge in [-0.1, -0.05) is 11.2 Å². The van der Waals surface area contributed by atoms with E-state index in [2.05, 4.69) is 22.1 Å². The van der Waals surface area contributed by atoms with Gasteiger partial charge in [-0.25, -0.2) is 0 Å². The Morgan fingerprint density at radius 1 is 1.45 bits per heavy atom. The lowest BCUT2D eigenvalue weighted by molar-refractivity contribution is 0.200. The highest BCUT2D eigenvalue weighted by Gasteiger charge is 2.24. The molecule has 1 aromatic heterocycles. The highest BCUT2D eigenvalue weighted by atomic mass is 16.5. The van der Waals surface area contributed by atoms with Crippen molar-refractivity contribution >= 4 is 0 Å². The van der Waals surface area contributed by atoms with E-state index in [1.54, 1.807) is 7.11 Å². The monoisotopic (exact) mass is 304 g/mol. The van der Waals surface area contributed by atoms with Gasteiger partial charge in [-0.2, -0.15) is 4.98 Å². The summed E-state index contributed by atoms with van der Waals surface area (Å²) in [4.78, 5) is 6.49. The number of methoxy groups -OCH3 is 1. The molecule has 118 valence electrons. The molecule has 1 saturated heterocycles. The van der Waals surface area contributed by atoms with Crippen molar-refractivity contribution in [1.29, 1.82) is 0 Å². The first kappa shape index (κ1) is 14.8. The molecule has 0 amide bonds. The molecule has 7 heteroatoms. The Bertz CT molecular complexity index is 643. The van der Waals surface area contributed by atoms with Crippen LogP contribution in [0.2, 0.25) is 0 Å². The molecule has 0 aliphatic carbocycles. The van der Waals surface area contributed by atoms with Crippen LogP contribution in [-0.4, -0.2) is 48.4 Å². The molecule has 1 atom stereocenters. The first-order valence-corrected chi connectivity index (χ1v) is 7.26. The normalized spacial score (nSPS) is 18.6. The van der Waals surface area contributed by atoms with Gasteiger partial charge in [-0.05, 0) is 25.6 Å². The first-order chi connectivity index (χ1) is 10.7. The second-order valence-corrected chi connectivity index (χ2v) is 5.34. The summed E-state index contributed by atoms with van der Waals surface area (Å²) in [5, 5.41) is 3.94. The van der Waals surface area contributed by atoms with E-state index < -0.39 is 0 Å². The predicted octanol–water partition coefficient (Wildman–Crippen LogP) is 1.29. The van der Waals surface area contributed by atoms with Crippen LogP contribution in [0.4, 0.5) is 0 Å². The van der Waals surface area contributed by atoms with Crippen LogP contribution in [0.1, 0.15) is 12.3 Å². The van der Waals surface area contributed by atoms with Crippen LogP contribution >= 0.6 is 0 Å². The Kier molecular flexibility index (Phi) is 4.26. The molecule has 7 nitrogen and oxygen atoms in total.